The zero-order valence-electron chi connectivity index (χ0n) is 5.53. The van der Waals surface area contributed by atoms with Gasteiger partial charge in [0.15, 0.2) is 0 Å². The summed E-state index contributed by atoms with van der Waals surface area (Å²) >= 11 is 0. The van der Waals surface area contributed by atoms with Crippen molar-refractivity contribution in [1.29, 1.82) is 0 Å². The van der Waals surface area contributed by atoms with Gasteiger partial charge in [-0.15, -0.1) is 0 Å². The van der Waals surface area contributed by atoms with E-state index < -0.39 is 6.29 Å². The Hall–Kier alpha value is -1.51. The highest BCUT2D eigenvalue weighted by atomic mass is 16.7. The minimum absolute atomic E-state index is 0.274. The van der Waals surface area contributed by atoms with Gasteiger partial charge in [-0.3, -0.25) is 0 Å². The zero-order chi connectivity index (χ0) is 7.42. The van der Waals surface area contributed by atoms with Crippen LogP contribution in [0.3, 0.4) is 0 Å². The van der Waals surface area contributed by atoms with Gasteiger partial charge in [0.05, 0.1) is 11.1 Å². The van der Waals surface area contributed by atoms with Crippen molar-refractivity contribution >= 4 is 5.97 Å². The van der Waals surface area contributed by atoms with Crippen LogP contribution in [0.25, 0.3) is 0 Å². The molecule has 54 valence electrons. The highest BCUT2D eigenvalue weighted by molar-refractivity contribution is 5.95. The average molecular weight is 148 g/mol. The Morgan fingerprint density at radius 3 is 3.00 bits per heavy atom. The van der Waals surface area contributed by atoms with Gasteiger partial charge in [-0.1, -0.05) is 6.07 Å². The van der Waals surface area contributed by atoms with E-state index in [1.165, 1.54) is 0 Å². The standard InChI is InChI=1S/C8H4O3/c9-7-4-2-1-3-5-6(4)8(10-5)11-7/h1-3,8H. The number of rotatable bonds is 0. The number of benzene rings is 1. The number of ether oxygens (including phenoxy) is 2. The Balaban J connectivity index is 2.37. The molecule has 0 aromatic heterocycles. The average Bonchev–Trinajstić information content (AvgIpc) is 2.25. The van der Waals surface area contributed by atoms with Gasteiger partial charge in [-0.2, -0.15) is 0 Å². The van der Waals surface area contributed by atoms with Gasteiger partial charge in [0.1, 0.15) is 5.75 Å². The van der Waals surface area contributed by atoms with E-state index in [0.29, 0.717) is 5.56 Å². The fourth-order valence-electron chi connectivity index (χ4n) is 1.43. The van der Waals surface area contributed by atoms with Crippen LogP contribution in [0.1, 0.15) is 22.2 Å². The van der Waals surface area contributed by atoms with E-state index in [1.54, 1.807) is 12.1 Å². The molecule has 0 amide bonds. The topological polar surface area (TPSA) is 35.5 Å². The molecule has 3 heteroatoms. The maximum absolute atomic E-state index is 11.0. The third-order valence-electron chi connectivity index (χ3n) is 1.97. The molecule has 11 heavy (non-hydrogen) atoms. The molecule has 0 radical (unpaired) electrons. The highest BCUT2D eigenvalue weighted by Crippen LogP contribution is 2.46. The Bertz CT molecular complexity index is 356. The summed E-state index contributed by atoms with van der Waals surface area (Å²) in [6.07, 6.45) is -0.409. The Labute approximate surface area is 62.5 Å². The SMILES string of the molecule is O=C1OC2Oc3cccc1c32. The summed E-state index contributed by atoms with van der Waals surface area (Å²) < 4.78 is 9.96. The largest absolute Gasteiger partial charge is 0.450 e. The van der Waals surface area contributed by atoms with Crippen molar-refractivity contribution in [3.63, 3.8) is 0 Å². The van der Waals surface area contributed by atoms with E-state index in [-0.39, 0.29) is 5.97 Å². The number of esters is 1. The van der Waals surface area contributed by atoms with E-state index in [4.69, 9.17) is 9.47 Å². The minimum atomic E-state index is -0.409. The molecule has 1 aromatic rings. The van der Waals surface area contributed by atoms with Crippen LogP contribution in [0, 0.1) is 0 Å². The van der Waals surface area contributed by atoms with Crippen LogP contribution in [-0.4, -0.2) is 5.97 Å². The molecule has 0 N–H and O–H groups in total. The summed E-state index contributed by atoms with van der Waals surface area (Å²) in [5, 5.41) is 0. The first-order valence-electron chi connectivity index (χ1n) is 3.37. The van der Waals surface area contributed by atoms with Gasteiger partial charge >= 0.3 is 5.97 Å². The molecule has 3 nitrogen and oxygen atoms in total. The van der Waals surface area contributed by atoms with Crippen molar-refractivity contribution in [3.8, 4) is 5.75 Å². The summed E-state index contributed by atoms with van der Waals surface area (Å²) in [5.41, 5.74) is 1.57. The van der Waals surface area contributed by atoms with E-state index in [1.807, 2.05) is 6.07 Å². The molecule has 1 atom stereocenters. The van der Waals surface area contributed by atoms with Crippen molar-refractivity contribution < 1.29 is 14.3 Å². The van der Waals surface area contributed by atoms with Crippen LogP contribution >= 0.6 is 0 Å². The summed E-state index contributed by atoms with van der Waals surface area (Å²) in [6, 6.07) is 5.37. The summed E-state index contributed by atoms with van der Waals surface area (Å²) in [7, 11) is 0. The van der Waals surface area contributed by atoms with Gasteiger partial charge < -0.3 is 9.47 Å². The lowest BCUT2D eigenvalue weighted by Crippen LogP contribution is -2.16. The molecular formula is C8H4O3. The molecule has 0 spiro atoms. The molecule has 2 heterocycles. The van der Waals surface area contributed by atoms with Gasteiger partial charge in [0.25, 0.3) is 6.29 Å². The third kappa shape index (κ3) is 0.441. The van der Waals surface area contributed by atoms with E-state index in [9.17, 15) is 4.79 Å². The maximum atomic E-state index is 11.0. The van der Waals surface area contributed by atoms with E-state index >= 15 is 0 Å². The maximum Gasteiger partial charge on any atom is 0.342 e. The monoisotopic (exact) mass is 148 g/mol. The van der Waals surface area contributed by atoms with Crippen LogP contribution < -0.4 is 4.74 Å². The second-order valence-corrected chi connectivity index (χ2v) is 2.57. The van der Waals surface area contributed by atoms with Crippen LogP contribution in [-0.2, 0) is 4.74 Å². The molecule has 0 bridgehead atoms. The normalized spacial score (nSPS) is 23.3. The molecule has 0 aliphatic carbocycles. The van der Waals surface area contributed by atoms with Crippen molar-refractivity contribution in [2.75, 3.05) is 0 Å². The van der Waals surface area contributed by atoms with E-state index in [2.05, 4.69) is 0 Å². The fourth-order valence-corrected chi connectivity index (χ4v) is 1.43. The van der Waals surface area contributed by atoms with Crippen molar-refractivity contribution in [1.82, 2.24) is 0 Å². The van der Waals surface area contributed by atoms with Crippen LogP contribution in [0.4, 0.5) is 0 Å². The lowest BCUT2D eigenvalue weighted by atomic mass is 10.1. The number of carbonyl (C=O) groups is 1. The third-order valence-corrected chi connectivity index (χ3v) is 1.97. The van der Waals surface area contributed by atoms with Crippen LogP contribution in [0.2, 0.25) is 0 Å². The molecule has 3 rings (SSSR count). The number of hydrogen-bond donors (Lipinski definition) is 0. The lowest BCUT2D eigenvalue weighted by Gasteiger charge is -2.24. The van der Waals surface area contributed by atoms with Crippen molar-refractivity contribution in [3.05, 3.63) is 29.3 Å². The van der Waals surface area contributed by atoms with Gasteiger partial charge in [0, 0.05) is 0 Å². The van der Waals surface area contributed by atoms with Crippen LogP contribution in [0.5, 0.6) is 5.75 Å². The van der Waals surface area contributed by atoms with Gasteiger partial charge in [-0.25, -0.2) is 4.79 Å². The molecule has 2 aliphatic heterocycles. The predicted molar refractivity (Wildman–Crippen MR) is 35.2 cm³/mol. The van der Waals surface area contributed by atoms with E-state index in [0.717, 1.165) is 11.3 Å². The molecule has 0 saturated heterocycles. The summed E-state index contributed by atoms with van der Waals surface area (Å²) in [5.74, 6) is 0.503. The van der Waals surface area contributed by atoms with Crippen molar-refractivity contribution in [2.24, 2.45) is 0 Å². The lowest BCUT2D eigenvalue weighted by molar-refractivity contribution is -0.0642. The molecule has 0 fully saturated rings. The molecule has 1 aromatic carbocycles. The number of carbonyl (C=O) groups excluding carboxylic acids is 1. The molecule has 0 saturated carbocycles. The second kappa shape index (κ2) is 1.39. The number of hydrogen-bond acceptors (Lipinski definition) is 3. The molecule has 2 aliphatic rings. The van der Waals surface area contributed by atoms with Gasteiger partial charge in [0.2, 0.25) is 0 Å². The summed E-state index contributed by atoms with van der Waals surface area (Å²) in [4.78, 5) is 11.0. The quantitative estimate of drug-likeness (QED) is 0.519. The predicted octanol–water partition coefficient (Wildman–Crippen LogP) is 1.25. The first-order chi connectivity index (χ1) is 5.36. The van der Waals surface area contributed by atoms with Crippen molar-refractivity contribution in [2.45, 2.75) is 6.29 Å². The smallest absolute Gasteiger partial charge is 0.342 e. The first-order valence-corrected chi connectivity index (χ1v) is 3.37. The van der Waals surface area contributed by atoms with Gasteiger partial charge in [-0.05, 0) is 12.1 Å². The molecule has 1 unspecified atom stereocenters. The second-order valence-electron chi connectivity index (χ2n) is 2.57. The van der Waals surface area contributed by atoms with Crippen LogP contribution in [0.15, 0.2) is 18.2 Å². The fraction of sp³-hybridized carbons (Fsp3) is 0.125. The summed E-state index contributed by atoms with van der Waals surface area (Å²) in [6.45, 7) is 0. The zero-order valence-corrected chi connectivity index (χ0v) is 5.53. The Kier molecular flexibility index (Phi) is 0.656. The minimum Gasteiger partial charge on any atom is -0.450 e. The highest BCUT2D eigenvalue weighted by Gasteiger charge is 2.42. The Morgan fingerprint density at radius 2 is 2.18 bits per heavy atom. The molecular weight excluding hydrogens is 144 g/mol. The first kappa shape index (κ1) is 5.18. The Morgan fingerprint density at radius 1 is 1.27 bits per heavy atom.